The number of piperidine rings is 1. The summed E-state index contributed by atoms with van der Waals surface area (Å²) < 4.78 is 40.6. The van der Waals surface area contributed by atoms with Crippen LogP contribution < -0.4 is 5.73 Å². The standard InChI is InChI=1S/C11H19F3N2O2/c12-11(13,14)8-18-9-3-6-16(7-4-9)10(17)2-1-5-15/h9H,1-8,15H2. The average Bonchev–Trinajstić information content (AvgIpc) is 2.33. The van der Waals surface area contributed by atoms with Crippen LogP contribution in [0, 0.1) is 0 Å². The minimum absolute atomic E-state index is 0.0229. The van der Waals surface area contributed by atoms with Crippen molar-refractivity contribution in [2.45, 2.75) is 38.0 Å². The van der Waals surface area contributed by atoms with E-state index in [-0.39, 0.29) is 5.91 Å². The second kappa shape index (κ2) is 6.94. The van der Waals surface area contributed by atoms with Gasteiger partial charge in [0.2, 0.25) is 5.91 Å². The average molecular weight is 268 g/mol. The summed E-state index contributed by atoms with van der Waals surface area (Å²) in [5, 5.41) is 0. The molecule has 0 spiro atoms. The molecule has 106 valence electrons. The Kier molecular flexibility index (Phi) is 5.87. The van der Waals surface area contributed by atoms with Crippen LogP contribution in [0.4, 0.5) is 13.2 Å². The molecule has 0 aromatic rings. The molecule has 0 radical (unpaired) electrons. The van der Waals surface area contributed by atoms with Crippen LogP contribution in [0.5, 0.6) is 0 Å². The minimum Gasteiger partial charge on any atom is -0.369 e. The Hall–Kier alpha value is -0.820. The van der Waals surface area contributed by atoms with Crippen molar-refractivity contribution in [1.82, 2.24) is 4.90 Å². The van der Waals surface area contributed by atoms with Gasteiger partial charge in [-0.3, -0.25) is 4.79 Å². The summed E-state index contributed by atoms with van der Waals surface area (Å²) in [5.74, 6) is 0.0229. The Morgan fingerprint density at radius 3 is 2.44 bits per heavy atom. The van der Waals surface area contributed by atoms with Crippen molar-refractivity contribution in [3.8, 4) is 0 Å². The van der Waals surface area contributed by atoms with Crippen LogP contribution in [-0.2, 0) is 9.53 Å². The van der Waals surface area contributed by atoms with E-state index in [2.05, 4.69) is 0 Å². The van der Waals surface area contributed by atoms with E-state index < -0.39 is 18.9 Å². The van der Waals surface area contributed by atoms with E-state index in [1.165, 1.54) is 0 Å². The van der Waals surface area contributed by atoms with Crippen molar-refractivity contribution < 1.29 is 22.7 Å². The first kappa shape index (κ1) is 15.2. The monoisotopic (exact) mass is 268 g/mol. The van der Waals surface area contributed by atoms with E-state index in [4.69, 9.17) is 10.5 Å². The van der Waals surface area contributed by atoms with Gasteiger partial charge in [-0.05, 0) is 25.8 Å². The Labute approximate surface area is 104 Å². The molecule has 4 nitrogen and oxygen atoms in total. The number of carbonyl (C=O) groups excluding carboxylic acids is 1. The number of alkyl halides is 3. The fraction of sp³-hybridized carbons (Fsp3) is 0.909. The number of halogens is 3. The zero-order valence-corrected chi connectivity index (χ0v) is 10.2. The molecule has 1 aliphatic heterocycles. The van der Waals surface area contributed by atoms with E-state index in [9.17, 15) is 18.0 Å². The van der Waals surface area contributed by atoms with Crippen molar-refractivity contribution in [2.24, 2.45) is 5.73 Å². The first-order valence-electron chi connectivity index (χ1n) is 6.08. The summed E-state index contributed by atoms with van der Waals surface area (Å²) in [5.41, 5.74) is 5.31. The lowest BCUT2D eigenvalue weighted by Crippen LogP contribution is -2.41. The van der Waals surface area contributed by atoms with Crippen molar-refractivity contribution in [3.05, 3.63) is 0 Å². The molecule has 7 heteroatoms. The van der Waals surface area contributed by atoms with Crippen molar-refractivity contribution in [2.75, 3.05) is 26.2 Å². The summed E-state index contributed by atoms with van der Waals surface area (Å²) in [6, 6.07) is 0. The number of nitrogens with zero attached hydrogens (tertiary/aromatic N) is 1. The molecule has 1 fully saturated rings. The molecule has 18 heavy (non-hydrogen) atoms. The van der Waals surface area contributed by atoms with Gasteiger partial charge in [0.15, 0.2) is 0 Å². The van der Waals surface area contributed by atoms with Crippen LogP contribution in [-0.4, -0.2) is 49.3 Å². The Morgan fingerprint density at radius 2 is 1.94 bits per heavy atom. The molecule has 0 atom stereocenters. The van der Waals surface area contributed by atoms with Gasteiger partial charge in [0.05, 0.1) is 6.10 Å². The molecule has 1 aliphatic rings. The van der Waals surface area contributed by atoms with Gasteiger partial charge in [-0.1, -0.05) is 0 Å². The molecular formula is C11H19F3N2O2. The number of hydrogen-bond acceptors (Lipinski definition) is 3. The Morgan fingerprint density at radius 1 is 1.33 bits per heavy atom. The lowest BCUT2D eigenvalue weighted by Gasteiger charge is -2.32. The maximum absolute atomic E-state index is 12.0. The fourth-order valence-corrected chi connectivity index (χ4v) is 1.90. The Bertz CT molecular complexity index is 264. The van der Waals surface area contributed by atoms with Gasteiger partial charge in [-0.15, -0.1) is 0 Å². The molecule has 1 saturated heterocycles. The van der Waals surface area contributed by atoms with Crippen molar-refractivity contribution in [1.29, 1.82) is 0 Å². The molecule has 1 amide bonds. The topological polar surface area (TPSA) is 55.6 Å². The summed E-state index contributed by atoms with van der Waals surface area (Å²) in [4.78, 5) is 13.3. The molecule has 0 bridgehead atoms. The second-order valence-corrected chi connectivity index (χ2v) is 4.40. The maximum atomic E-state index is 12.0. The number of hydrogen-bond donors (Lipinski definition) is 1. The second-order valence-electron chi connectivity index (χ2n) is 4.40. The molecule has 1 rings (SSSR count). The van der Waals surface area contributed by atoms with Crippen LogP contribution >= 0.6 is 0 Å². The highest BCUT2D eigenvalue weighted by molar-refractivity contribution is 5.76. The zero-order valence-electron chi connectivity index (χ0n) is 10.2. The zero-order chi connectivity index (χ0) is 13.6. The fourth-order valence-electron chi connectivity index (χ4n) is 1.90. The molecule has 0 saturated carbocycles. The third kappa shape index (κ3) is 5.68. The first-order valence-corrected chi connectivity index (χ1v) is 6.08. The largest absolute Gasteiger partial charge is 0.411 e. The van der Waals surface area contributed by atoms with Crippen LogP contribution in [0.25, 0.3) is 0 Å². The number of amides is 1. The van der Waals surface area contributed by atoms with E-state index in [0.29, 0.717) is 45.3 Å². The van der Waals surface area contributed by atoms with Crippen LogP contribution in [0.2, 0.25) is 0 Å². The quantitative estimate of drug-likeness (QED) is 0.817. The van der Waals surface area contributed by atoms with E-state index in [1.54, 1.807) is 4.90 Å². The highest BCUT2D eigenvalue weighted by Crippen LogP contribution is 2.20. The molecule has 0 aliphatic carbocycles. The van der Waals surface area contributed by atoms with Gasteiger partial charge in [0.1, 0.15) is 6.61 Å². The number of likely N-dealkylation sites (tertiary alicyclic amines) is 1. The molecule has 0 unspecified atom stereocenters. The van der Waals surface area contributed by atoms with Crippen molar-refractivity contribution >= 4 is 5.91 Å². The van der Waals surface area contributed by atoms with Crippen LogP contribution in [0.1, 0.15) is 25.7 Å². The molecule has 2 N–H and O–H groups in total. The number of carbonyl (C=O) groups is 1. The highest BCUT2D eigenvalue weighted by atomic mass is 19.4. The highest BCUT2D eigenvalue weighted by Gasteiger charge is 2.31. The van der Waals surface area contributed by atoms with E-state index in [0.717, 1.165) is 0 Å². The van der Waals surface area contributed by atoms with Gasteiger partial charge in [0, 0.05) is 19.5 Å². The minimum atomic E-state index is -4.28. The summed E-state index contributed by atoms with van der Waals surface area (Å²) in [6.07, 6.45) is -2.71. The van der Waals surface area contributed by atoms with Gasteiger partial charge >= 0.3 is 6.18 Å². The SMILES string of the molecule is NCCCC(=O)N1CCC(OCC(F)(F)F)CC1. The van der Waals surface area contributed by atoms with Gasteiger partial charge in [0.25, 0.3) is 0 Å². The first-order chi connectivity index (χ1) is 8.42. The summed E-state index contributed by atoms with van der Waals surface area (Å²) >= 11 is 0. The van der Waals surface area contributed by atoms with Gasteiger partial charge in [-0.2, -0.15) is 13.2 Å². The normalized spacial score (nSPS) is 18.1. The number of rotatable bonds is 5. The lowest BCUT2D eigenvalue weighted by atomic mass is 10.1. The lowest BCUT2D eigenvalue weighted by molar-refractivity contribution is -0.189. The predicted octanol–water partition coefficient (Wildman–Crippen LogP) is 1.30. The van der Waals surface area contributed by atoms with Crippen molar-refractivity contribution in [3.63, 3.8) is 0 Å². The van der Waals surface area contributed by atoms with Gasteiger partial charge in [-0.25, -0.2) is 0 Å². The van der Waals surface area contributed by atoms with Gasteiger partial charge < -0.3 is 15.4 Å². The molecule has 1 heterocycles. The van der Waals surface area contributed by atoms with E-state index in [1.807, 2.05) is 0 Å². The summed E-state index contributed by atoms with van der Waals surface area (Å²) in [6.45, 7) is 0.188. The third-order valence-corrected chi connectivity index (χ3v) is 2.87. The molecule has 0 aromatic carbocycles. The Balaban J connectivity index is 2.22. The third-order valence-electron chi connectivity index (χ3n) is 2.87. The molecule has 0 aromatic heterocycles. The van der Waals surface area contributed by atoms with Crippen LogP contribution in [0.3, 0.4) is 0 Å². The smallest absolute Gasteiger partial charge is 0.369 e. The number of nitrogens with two attached hydrogens (primary N) is 1. The van der Waals surface area contributed by atoms with Crippen LogP contribution in [0.15, 0.2) is 0 Å². The maximum Gasteiger partial charge on any atom is 0.411 e. The van der Waals surface area contributed by atoms with E-state index >= 15 is 0 Å². The predicted molar refractivity (Wildman–Crippen MR) is 59.9 cm³/mol. The summed E-state index contributed by atoms with van der Waals surface area (Å²) in [7, 11) is 0. The number of ether oxygens (including phenoxy) is 1. The molecular weight excluding hydrogens is 249 g/mol.